The minimum absolute atomic E-state index is 1.09. The first kappa shape index (κ1) is 16.6. The summed E-state index contributed by atoms with van der Waals surface area (Å²) in [5.41, 5.74) is 7.20. The van der Waals surface area contributed by atoms with Gasteiger partial charge in [0, 0.05) is 17.5 Å². The molecule has 0 unspecified atom stereocenters. The molecule has 134 valence electrons. The summed E-state index contributed by atoms with van der Waals surface area (Å²) in [4.78, 5) is 3.41. The lowest BCUT2D eigenvalue weighted by atomic mass is 9.87. The Balaban J connectivity index is 1.92. The van der Waals surface area contributed by atoms with E-state index < -0.39 is 0 Å². The summed E-state index contributed by atoms with van der Waals surface area (Å²) < 4.78 is 0. The number of hydrogen-bond donors (Lipinski definition) is 1. The van der Waals surface area contributed by atoms with Crippen molar-refractivity contribution in [3.8, 4) is 22.4 Å². The topological polar surface area (TPSA) is 15.8 Å². The van der Waals surface area contributed by atoms with Gasteiger partial charge in [-0.15, -0.1) is 0 Å². The molecule has 0 saturated carbocycles. The third kappa shape index (κ3) is 2.56. The maximum absolute atomic E-state index is 4.06. The standard InChI is InChI=1S/C27H21N/c1-18(2)19-13-15-20(16-14-19)26-21-8-3-5-10-23(21)27(25-12-7-17-28-25)24-11-6-4-9-22(24)26/h3-17,28H,1H2,2H3. The van der Waals surface area contributed by atoms with Gasteiger partial charge in [-0.3, -0.25) is 0 Å². The number of aromatic amines is 1. The highest BCUT2D eigenvalue weighted by Gasteiger charge is 2.16. The predicted molar refractivity (Wildman–Crippen MR) is 121 cm³/mol. The van der Waals surface area contributed by atoms with Gasteiger partial charge in [-0.05, 0) is 57.3 Å². The summed E-state index contributed by atoms with van der Waals surface area (Å²) in [6.45, 7) is 6.11. The van der Waals surface area contributed by atoms with Crippen LogP contribution in [0.3, 0.4) is 0 Å². The van der Waals surface area contributed by atoms with Crippen LogP contribution in [0, 0.1) is 0 Å². The Labute approximate surface area is 165 Å². The molecule has 4 aromatic carbocycles. The third-order valence-electron chi connectivity index (χ3n) is 5.47. The summed E-state index contributed by atoms with van der Waals surface area (Å²) in [6.07, 6.45) is 1.99. The van der Waals surface area contributed by atoms with Gasteiger partial charge in [0.1, 0.15) is 0 Å². The lowest BCUT2D eigenvalue weighted by Crippen LogP contribution is -1.91. The Morgan fingerprint density at radius 3 is 1.64 bits per heavy atom. The second-order valence-electron chi connectivity index (χ2n) is 7.28. The molecular weight excluding hydrogens is 338 g/mol. The van der Waals surface area contributed by atoms with E-state index in [1.165, 1.54) is 43.8 Å². The van der Waals surface area contributed by atoms with Gasteiger partial charge >= 0.3 is 0 Å². The second-order valence-corrected chi connectivity index (χ2v) is 7.28. The third-order valence-corrected chi connectivity index (χ3v) is 5.47. The average Bonchev–Trinajstić information content (AvgIpc) is 3.26. The van der Waals surface area contributed by atoms with Crippen LogP contribution in [0.2, 0.25) is 0 Å². The number of allylic oxidation sites excluding steroid dienone is 1. The number of fused-ring (bicyclic) bond motifs is 2. The Kier molecular flexibility index (Phi) is 3.87. The van der Waals surface area contributed by atoms with E-state index in [0.29, 0.717) is 0 Å². The first-order valence-electron chi connectivity index (χ1n) is 9.57. The fraction of sp³-hybridized carbons (Fsp3) is 0.0370. The van der Waals surface area contributed by atoms with Gasteiger partial charge in [-0.1, -0.05) is 84.9 Å². The Hall–Kier alpha value is -3.58. The van der Waals surface area contributed by atoms with Gasteiger partial charge in [-0.2, -0.15) is 0 Å². The maximum atomic E-state index is 4.06. The van der Waals surface area contributed by atoms with Crippen molar-refractivity contribution in [2.45, 2.75) is 6.92 Å². The second kappa shape index (κ2) is 6.54. The zero-order valence-electron chi connectivity index (χ0n) is 15.9. The van der Waals surface area contributed by atoms with E-state index in [1.807, 2.05) is 13.1 Å². The van der Waals surface area contributed by atoms with E-state index in [-0.39, 0.29) is 0 Å². The molecule has 0 radical (unpaired) electrons. The zero-order chi connectivity index (χ0) is 19.1. The van der Waals surface area contributed by atoms with Crippen LogP contribution < -0.4 is 0 Å². The predicted octanol–water partition coefficient (Wildman–Crippen LogP) is 7.69. The molecule has 1 aromatic heterocycles. The van der Waals surface area contributed by atoms with Gasteiger partial charge in [-0.25, -0.2) is 0 Å². The molecule has 0 aliphatic heterocycles. The van der Waals surface area contributed by atoms with Gasteiger partial charge in [0.25, 0.3) is 0 Å². The van der Waals surface area contributed by atoms with E-state index in [9.17, 15) is 0 Å². The van der Waals surface area contributed by atoms with E-state index in [4.69, 9.17) is 0 Å². The molecule has 0 aliphatic carbocycles. The molecule has 0 spiro atoms. The monoisotopic (exact) mass is 359 g/mol. The number of benzene rings is 4. The van der Waals surface area contributed by atoms with Crippen molar-refractivity contribution in [3.63, 3.8) is 0 Å². The van der Waals surface area contributed by atoms with Gasteiger partial charge in [0.2, 0.25) is 0 Å². The quantitative estimate of drug-likeness (QED) is 0.318. The summed E-state index contributed by atoms with van der Waals surface area (Å²) in [5, 5.41) is 5.08. The Morgan fingerprint density at radius 2 is 1.18 bits per heavy atom. The zero-order valence-corrected chi connectivity index (χ0v) is 15.9. The number of nitrogens with one attached hydrogen (secondary N) is 1. The smallest absolute Gasteiger partial charge is 0.0466 e. The van der Waals surface area contributed by atoms with E-state index in [1.54, 1.807) is 0 Å². The van der Waals surface area contributed by atoms with Crippen LogP contribution in [-0.2, 0) is 0 Å². The van der Waals surface area contributed by atoms with Crippen LogP contribution in [0.5, 0.6) is 0 Å². The molecule has 5 rings (SSSR count). The molecule has 0 bridgehead atoms. The van der Waals surface area contributed by atoms with Crippen LogP contribution in [0.1, 0.15) is 12.5 Å². The highest BCUT2D eigenvalue weighted by Crippen LogP contribution is 2.43. The first-order chi connectivity index (χ1) is 13.7. The summed E-state index contributed by atoms with van der Waals surface area (Å²) in [5.74, 6) is 0. The average molecular weight is 359 g/mol. The van der Waals surface area contributed by atoms with Gasteiger partial charge < -0.3 is 4.98 Å². The SMILES string of the molecule is C=C(C)c1ccc(-c2c3ccccc3c(-c3ccc[nH]3)c3ccccc23)cc1. The molecule has 0 amide bonds. The lowest BCUT2D eigenvalue weighted by Gasteiger charge is -2.17. The van der Waals surface area contributed by atoms with Gasteiger partial charge in [0.05, 0.1) is 0 Å². The van der Waals surface area contributed by atoms with E-state index in [2.05, 4.69) is 96.5 Å². The lowest BCUT2D eigenvalue weighted by molar-refractivity contribution is 1.42. The maximum Gasteiger partial charge on any atom is 0.0466 e. The molecule has 1 nitrogen and oxygen atoms in total. The number of rotatable bonds is 3. The summed E-state index contributed by atoms with van der Waals surface area (Å²) in [7, 11) is 0. The van der Waals surface area contributed by atoms with Crippen LogP contribution in [0.15, 0.2) is 97.7 Å². The summed E-state index contributed by atoms with van der Waals surface area (Å²) in [6, 6.07) is 30.4. The molecule has 1 heterocycles. The van der Waals surface area contributed by atoms with E-state index >= 15 is 0 Å². The minimum Gasteiger partial charge on any atom is -0.361 e. The number of H-pyrrole nitrogens is 1. The molecular formula is C27H21N. The Morgan fingerprint density at radius 1 is 0.643 bits per heavy atom. The Bertz CT molecular complexity index is 1250. The molecule has 0 saturated heterocycles. The van der Waals surface area contributed by atoms with Crippen molar-refractivity contribution < 1.29 is 0 Å². The van der Waals surface area contributed by atoms with Crippen molar-refractivity contribution in [2.75, 3.05) is 0 Å². The molecule has 0 atom stereocenters. The van der Waals surface area contributed by atoms with Crippen LogP contribution in [0.25, 0.3) is 49.5 Å². The molecule has 1 N–H and O–H groups in total. The molecule has 0 fully saturated rings. The fourth-order valence-corrected chi connectivity index (χ4v) is 4.14. The van der Waals surface area contributed by atoms with Crippen molar-refractivity contribution >= 4 is 27.1 Å². The molecule has 5 aromatic rings. The van der Waals surface area contributed by atoms with E-state index in [0.717, 1.165) is 11.3 Å². The highest BCUT2D eigenvalue weighted by atomic mass is 14.7. The first-order valence-corrected chi connectivity index (χ1v) is 9.57. The molecule has 28 heavy (non-hydrogen) atoms. The van der Waals surface area contributed by atoms with Crippen molar-refractivity contribution in [2.24, 2.45) is 0 Å². The van der Waals surface area contributed by atoms with Crippen LogP contribution >= 0.6 is 0 Å². The van der Waals surface area contributed by atoms with Crippen LogP contribution in [-0.4, -0.2) is 4.98 Å². The normalized spacial score (nSPS) is 11.2. The van der Waals surface area contributed by atoms with Crippen molar-refractivity contribution in [1.82, 2.24) is 4.98 Å². The highest BCUT2D eigenvalue weighted by molar-refractivity contribution is 6.21. The van der Waals surface area contributed by atoms with Crippen molar-refractivity contribution in [3.05, 3.63) is 103 Å². The fourth-order valence-electron chi connectivity index (χ4n) is 4.14. The number of hydrogen-bond acceptors (Lipinski definition) is 0. The van der Waals surface area contributed by atoms with Gasteiger partial charge in [0.15, 0.2) is 0 Å². The van der Waals surface area contributed by atoms with Crippen LogP contribution in [0.4, 0.5) is 0 Å². The summed E-state index contributed by atoms with van der Waals surface area (Å²) >= 11 is 0. The molecule has 1 heteroatoms. The largest absolute Gasteiger partial charge is 0.361 e. The van der Waals surface area contributed by atoms with Crippen molar-refractivity contribution in [1.29, 1.82) is 0 Å². The molecule has 0 aliphatic rings. The number of aromatic nitrogens is 1. The minimum atomic E-state index is 1.09.